The van der Waals surface area contributed by atoms with Crippen LogP contribution in [0.2, 0.25) is 0 Å². The van der Waals surface area contributed by atoms with E-state index in [9.17, 15) is 0 Å². The summed E-state index contributed by atoms with van der Waals surface area (Å²) in [7, 11) is 8.35. The van der Waals surface area contributed by atoms with Gasteiger partial charge in [0.25, 0.3) is 0 Å². The molecule has 2 heteroatoms. The van der Waals surface area contributed by atoms with Gasteiger partial charge in [-0.15, -0.1) is 0 Å². The number of hydrogen-bond donors (Lipinski definition) is 0. The van der Waals surface area contributed by atoms with Crippen molar-refractivity contribution in [3.8, 4) is 0 Å². The Morgan fingerprint density at radius 2 is 0.917 bits per heavy atom. The molecule has 12 heavy (non-hydrogen) atoms. The molecule has 0 heterocycles. The van der Waals surface area contributed by atoms with Crippen LogP contribution in [0.25, 0.3) is 0 Å². The molecule has 0 aromatic rings. The third-order valence-electron chi connectivity index (χ3n) is 1.34. The van der Waals surface area contributed by atoms with Gasteiger partial charge in [-0.25, -0.2) is 0 Å². The van der Waals surface area contributed by atoms with Crippen LogP contribution < -0.4 is 0 Å². The van der Waals surface area contributed by atoms with Crippen LogP contribution in [0.4, 0.5) is 0 Å². The molecule has 0 aliphatic heterocycles. The van der Waals surface area contributed by atoms with Crippen molar-refractivity contribution in [1.82, 2.24) is 9.80 Å². The molecule has 0 aliphatic carbocycles. The fourth-order valence-electron chi connectivity index (χ4n) is 0.894. The zero-order valence-electron chi connectivity index (χ0n) is 9.72. The Hall–Kier alpha value is -0.0800. The molecule has 0 N–H and O–H groups in total. The van der Waals surface area contributed by atoms with Crippen molar-refractivity contribution < 1.29 is 0 Å². The zero-order chi connectivity index (χ0) is 9.98. The minimum atomic E-state index is 1.21. The summed E-state index contributed by atoms with van der Waals surface area (Å²) in [4.78, 5) is 4.36. The molecule has 0 aromatic carbocycles. The molecule has 0 aromatic heterocycles. The maximum Gasteiger partial charge on any atom is -0.00275 e. The van der Waals surface area contributed by atoms with Gasteiger partial charge < -0.3 is 9.80 Å². The summed E-state index contributed by atoms with van der Waals surface area (Å²) in [5.74, 6) is 0. The number of nitrogens with zero attached hydrogens (tertiary/aromatic N) is 2. The highest BCUT2D eigenvalue weighted by atomic mass is 15.0. The van der Waals surface area contributed by atoms with Crippen LogP contribution in [-0.2, 0) is 0 Å². The first kappa shape index (κ1) is 14.4. The molecule has 0 unspecified atom stereocenters. The van der Waals surface area contributed by atoms with Crippen molar-refractivity contribution in [3.63, 3.8) is 0 Å². The molecule has 0 rings (SSSR count). The van der Waals surface area contributed by atoms with E-state index in [0.29, 0.717) is 0 Å². The highest BCUT2D eigenvalue weighted by Gasteiger charge is 1.79. The molecular formula is C10H26N2. The van der Waals surface area contributed by atoms with Crippen molar-refractivity contribution in [2.45, 2.75) is 26.7 Å². The summed E-state index contributed by atoms with van der Waals surface area (Å²) in [5, 5.41) is 0. The van der Waals surface area contributed by atoms with E-state index in [1.54, 1.807) is 0 Å². The van der Waals surface area contributed by atoms with Gasteiger partial charge in [-0.05, 0) is 54.1 Å². The predicted molar refractivity (Wildman–Crippen MR) is 57.7 cm³/mol. The lowest BCUT2D eigenvalue weighted by atomic mass is 10.5. The van der Waals surface area contributed by atoms with Gasteiger partial charge in [0.05, 0.1) is 0 Å². The predicted octanol–water partition coefficient (Wildman–Crippen LogP) is 1.92. The Balaban J connectivity index is 0. The van der Waals surface area contributed by atoms with Crippen molar-refractivity contribution in [3.05, 3.63) is 0 Å². The zero-order valence-corrected chi connectivity index (χ0v) is 9.72. The van der Waals surface area contributed by atoms with E-state index in [2.05, 4.69) is 51.8 Å². The van der Waals surface area contributed by atoms with Gasteiger partial charge in [0.1, 0.15) is 0 Å². The smallest absolute Gasteiger partial charge is 0.00275 e. The highest BCUT2D eigenvalue weighted by molar-refractivity contribution is 4.35. The lowest BCUT2D eigenvalue weighted by molar-refractivity contribution is 0.408. The van der Waals surface area contributed by atoms with E-state index < -0.39 is 0 Å². The Morgan fingerprint density at radius 3 is 0.917 bits per heavy atom. The van der Waals surface area contributed by atoms with Crippen molar-refractivity contribution in [2.24, 2.45) is 0 Å². The van der Waals surface area contributed by atoms with Crippen molar-refractivity contribution >= 4 is 0 Å². The van der Waals surface area contributed by atoms with Gasteiger partial charge in [-0.2, -0.15) is 0 Å². The summed E-state index contributed by atoms with van der Waals surface area (Å²) in [6.07, 6.45) is 2.51. The lowest BCUT2D eigenvalue weighted by Crippen LogP contribution is -2.11. The maximum atomic E-state index is 2.18. The summed E-state index contributed by atoms with van der Waals surface area (Å²) in [5.41, 5.74) is 0. The Morgan fingerprint density at radius 1 is 0.667 bits per heavy atom. The van der Waals surface area contributed by atoms with E-state index in [-0.39, 0.29) is 0 Å². The van der Waals surface area contributed by atoms with Crippen LogP contribution in [0.5, 0.6) is 0 Å². The molecule has 0 radical (unpaired) electrons. The molecule has 0 fully saturated rings. The Kier molecular flexibility index (Phi) is 13.1. The summed E-state index contributed by atoms with van der Waals surface area (Å²) >= 11 is 0. The topological polar surface area (TPSA) is 6.48 Å². The first-order valence-corrected chi connectivity index (χ1v) is 4.84. The summed E-state index contributed by atoms with van der Waals surface area (Å²) in [6, 6.07) is 0. The van der Waals surface area contributed by atoms with Gasteiger partial charge in [0.15, 0.2) is 0 Å². The normalized spacial score (nSPS) is 10.0. The van der Waals surface area contributed by atoms with Crippen LogP contribution in [0.3, 0.4) is 0 Å². The minimum absolute atomic E-state index is 1.21. The molecule has 0 saturated heterocycles. The highest BCUT2D eigenvalue weighted by Crippen LogP contribution is 1.76. The van der Waals surface area contributed by atoms with Gasteiger partial charge in [-0.1, -0.05) is 13.8 Å². The lowest BCUT2D eigenvalue weighted by Gasteiger charge is -2.03. The standard InChI is InChI=1S/2C5H13N/c2*1-4-5-6(2)3/h2*4-5H2,1-3H3. The van der Waals surface area contributed by atoms with E-state index in [0.717, 1.165) is 0 Å². The van der Waals surface area contributed by atoms with Gasteiger partial charge >= 0.3 is 0 Å². The molecule has 0 amide bonds. The van der Waals surface area contributed by atoms with Crippen LogP contribution in [0.15, 0.2) is 0 Å². The fourth-order valence-corrected chi connectivity index (χ4v) is 0.894. The van der Waals surface area contributed by atoms with Crippen molar-refractivity contribution in [1.29, 1.82) is 0 Å². The summed E-state index contributed by atoms with van der Waals surface area (Å²) in [6.45, 7) is 6.78. The van der Waals surface area contributed by atoms with E-state index in [4.69, 9.17) is 0 Å². The molecule has 76 valence electrons. The average molecular weight is 174 g/mol. The van der Waals surface area contributed by atoms with Gasteiger partial charge in [0.2, 0.25) is 0 Å². The molecule has 0 atom stereocenters. The second-order valence-corrected chi connectivity index (χ2v) is 3.61. The quantitative estimate of drug-likeness (QED) is 0.642. The summed E-state index contributed by atoms with van der Waals surface area (Å²) < 4.78 is 0. The fraction of sp³-hybridized carbons (Fsp3) is 1.00. The van der Waals surface area contributed by atoms with E-state index in [1.807, 2.05) is 0 Å². The van der Waals surface area contributed by atoms with Crippen LogP contribution in [0, 0.1) is 0 Å². The molecule has 0 bridgehead atoms. The number of hydrogen-bond acceptors (Lipinski definition) is 2. The van der Waals surface area contributed by atoms with Crippen LogP contribution >= 0.6 is 0 Å². The van der Waals surface area contributed by atoms with Crippen molar-refractivity contribution in [2.75, 3.05) is 41.3 Å². The third-order valence-corrected chi connectivity index (χ3v) is 1.34. The second-order valence-electron chi connectivity index (χ2n) is 3.61. The Labute approximate surface area is 78.5 Å². The molecular weight excluding hydrogens is 148 g/mol. The molecule has 0 spiro atoms. The van der Waals surface area contributed by atoms with E-state index in [1.165, 1.54) is 25.9 Å². The average Bonchev–Trinajstić information content (AvgIpc) is 1.87. The van der Waals surface area contributed by atoms with E-state index >= 15 is 0 Å². The SMILES string of the molecule is CCCN(C)C.CCCN(C)C. The largest absolute Gasteiger partial charge is 0.309 e. The monoisotopic (exact) mass is 174 g/mol. The van der Waals surface area contributed by atoms with Crippen LogP contribution in [-0.4, -0.2) is 51.1 Å². The Bertz CT molecular complexity index is 60.2. The first-order chi connectivity index (χ1) is 5.54. The third kappa shape index (κ3) is 22.5. The first-order valence-electron chi connectivity index (χ1n) is 4.84. The number of rotatable bonds is 4. The molecule has 2 nitrogen and oxygen atoms in total. The van der Waals surface area contributed by atoms with Crippen LogP contribution in [0.1, 0.15) is 26.7 Å². The molecule has 0 aliphatic rings. The minimum Gasteiger partial charge on any atom is -0.309 e. The maximum absolute atomic E-state index is 2.18. The molecule has 0 saturated carbocycles. The van der Waals surface area contributed by atoms with Gasteiger partial charge in [-0.3, -0.25) is 0 Å². The van der Waals surface area contributed by atoms with Gasteiger partial charge in [0, 0.05) is 0 Å². The second kappa shape index (κ2) is 10.9.